The average Bonchev–Trinajstić information content (AvgIpc) is 2.85. The van der Waals surface area contributed by atoms with E-state index in [1.54, 1.807) is 53.4 Å². The molecular weight excluding hydrogens is 412 g/mol. The van der Waals surface area contributed by atoms with Crippen molar-refractivity contribution in [2.45, 2.75) is 12.6 Å². The number of hydrogen-bond acceptors (Lipinski definition) is 6. The van der Waals surface area contributed by atoms with Gasteiger partial charge < -0.3 is 19.3 Å². The van der Waals surface area contributed by atoms with E-state index in [1.165, 1.54) is 15.8 Å². The Labute approximate surface area is 183 Å². The van der Waals surface area contributed by atoms with Crippen molar-refractivity contribution >= 4 is 28.4 Å². The molecule has 5 rings (SSSR count). The first kappa shape index (κ1) is 20.2. The fourth-order valence-electron chi connectivity index (χ4n) is 4.04. The summed E-state index contributed by atoms with van der Waals surface area (Å²) in [4.78, 5) is 46.7. The maximum absolute atomic E-state index is 13.3. The van der Waals surface area contributed by atoms with E-state index in [0.29, 0.717) is 48.6 Å². The zero-order valence-corrected chi connectivity index (χ0v) is 17.3. The summed E-state index contributed by atoms with van der Waals surface area (Å²) in [6.45, 7) is 1.83. The third-order valence-corrected chi connectivity index (χ3v) is 5.71. The van der Waals surface area contributed by atoms with E-state index in [-0.39, 0.29) is 30.5 Å². The minimum atomic E-state index is -0.821. The molecule has 1 aromatic heterocycles. The number of hydrogen-bond donors (Lipinski definition) is 0. The van der Waals surface area contributed by atoms with Crippen LogP contribution in [-0.2, 0) is 20.9 Å². The zero-order valence-electron chi connectivity index (χ0n) is 17.3. The van der Waals surface area contributed by atoms with Crippen molar-refractivity contribution in [3.05, 3.63) is 65.2 Å². The maximum atomic E-state index is 13.3. The Morgan fingerprint density at radius 2 is 1.78 bits per heavy atom. The maximum Gasteiger partial charge on any atom is 0.265 e. The van der Waals surface area contributed by atoms with Gasteiger partial charge in [-0.3, -0.25) is 19.0 Å². The van der Waals surface area contributed by atoms with Gasteiger partial charge in [0.1, 0.15) is 12.3 Å². The molecule has 2 aliphatic heterocycles. The molecule has 0 unspecified atom stereocenters. The highest BCUT2D eigenvalue weighted by Crippen LogP contribution is 2.33. The SMILES string of the molecule is O=C([C@@H]1CN(C(=O)Cn2cnc3ccccc3c2=O)c2ccccc2O1)N1CCOCC1. The number of ether oxygens (including phenoxy) is 2. The number of anilines is 1. The number of carbonyl (C=O) groups is 2. The highest BCUT2D eigenvalue weighted by atomic mass is 16.5. The quantitative estimate of drug-likeness (QED) is 0.612. The number of carbonyl (C=O) groups excluding carboxylic acids is 2. The molecule has 3 aromatic rings. The molecule has 9 nitrogen and oxygen atoms in total. The van der Waals surface area contributed by atoms with Crippen LogP contribution in [0, 0.1) is 0 Å². The third-order valence-electron chi connectivity index (χ3n) is 5.71. The number of aromatic nitrogens is 2. The van der Waals surface area contributed by atoms with Crippen molar-refractivity contribution in [1.29, 1.82) is 0 Å². The van der Waals surface area contributed by atoms with Gasteiger partial charge in [-0.05, 0) is 24.3 Å². The third kappa shape index (κ3) is 3.71. The summed E-state index contributed by atoms with van der Waals surface area (Å²) >= 11 is 0. The van der Waals surface area contributed by atoms with Gasteiger partial charge in [0.25, 0.3) is 11.5 Å². The van der Waals surface area contributed by atoms with E-state index in [1.807, 2.05) is 0 Å². The van der Waals surface area contributed by atoms with E-state index in [4.69, 9.17) is 9.47 Å². The van der Waals surface area contributed by atoms with Gasteiger partial charge in [-0.2, -0.15) is 0 Å². The molecule has 1 saturated heterocycles. The van der Waals surface area contributed by atoms with Crippen LogP contribution in [0.2, 0.25) is 0 Å². The molecule has 0 aliphatic carbocycles. The Kier molecular flexibility index (Phi) is 5.32. The Morgan fingerprint density at radius 1 is 1.03 bits per heavy atom. The molecule has 0 N–H and O–H groups in total. The van der Waals surface area contributed by atoms with Crippen molar-refractivity contribution in [1.82, 2.24) is 14.5 Å². The molecule has 9 heteroatoms. The number of benzene rings is 2. The van der Waals surface area contributed by atoms with Crippen LogP contribution < -0.4 is 15.2 Å². The molecular formula is C23H22N4O5. The van der Waals surface area contributed by atoms with E-state index in [9.17, 15) is 14.4 Å². The largest absolute Gasteiger partial charge is 0.476 e. The first-order chi connectivity index (χ1) is 15.6. The first-order valence-corrected chi connectivity index (χ1v) is 10.5. The van der Waals surface area contributed by atoms with Crippen LogP contribution in [0.4, 0.5) is 5.69 Å². The van der Waals surface area contributed by atoms with Gasteiger partial charge in [0.05, 0.1) is 42.7 Å². The van der Waals surface area contributed by atoms with Gasteiger partial charge in [-0.1, -0.05) is 24.3 Å². The highest BCUT2D eigenvalue weighted by molar-refractivity contribution is 5.97. The van der Waals surface area contributed by atoms with Gasteiger partial charge in [-0.25, -0.2) is 4.98 Å². The lowest BCUT2D eigenvalue weighted by molar-refractivity contribution is -0.142. The van der Waals surface area contributed by atoms with Crippen molar-refractivity contribution in [3.63, 3.8) is 0 Å². The number of morpholine rings is 1. The molecule has 0 saturated carbocycles. The van der Waals surface area contributed by atoms with Crippen LogP contribution >= 0.6 is 0 Å². The minimum absolute atomic E-state index is 0.0712. The molecule has 1 atom stereocenters. The summed E-state index contributed by atoms with van der Waals surface area (Å²) < 4.78 is 12.6. The molecule has 164 valence electrons. The molecule has 0 radical (unpaired) electrons. The molecule has 1 fully saturated rings. The van der Waals surface area contributed by atoms with E-state index >= 15 is 0 Å². The van der Waals surface area contributed by atoms with Crippen LogP contribution in [0.25, 0.3) is 10.9 Å². The van der Waals surface area contributed by atoms with Crippen LogP contribution in [0.5, 0.6) is 5.75 Å². The standard InChI is InChI=1S/C23H22N4O5/c28-21(14-26-15-24-17-6-2-1-5-16(17)22(26)29)27-13-20(23(30)25-9-11-31-12-10-25)32-19-8-4-3-7-18(19)27/h1-8,15,20H,9-14H2/t20-/m0/s1. The summed E-state index contributed by atoms with van der Waals surface area (Å²) in [5, 5.41) is 0.450. The second-order valence-electron chi connectivity index (χ2n) is 7.71. The minimum Gasteiger partial charge on any atom is -0.476 e. The lowest BCUT2D eigenvalue weighted by Crippen LogP contribution is -2.54. The summed E-state index contributed by atoms with van der Waals surface area (Å²) in [7, 11) is 0. The number of rotatable bonds is 3. The van der Waals surface area contributed by atoms with Gasteiger partial charge in [0, 0.05) is 13.1 Å². The fraction of sp³-hybridized carbons (Fsp3) is 0.304. The van der Waals surface area contributed by atoms with Gasteiger partial charge in [0.2, 0.25) is 5.91 Å². The Morgan fingerprint density at radius 3 is 2.62 bits per heavy atom. The van der Waals surface area contributed by atoms with Gasteiger partial charge >= 0.3 is 0 Å². The first-order valence-electron chi connectivity index (χ1n) is 10.5. The number of fused-ring (bicyclic) bond motifs is 2. The van der Waals surface area contributed by atoms with E-state index < -0.39 is 6.10 Å². The van der Waals surface area contributed by atoms with Crippen LogP contribution in [0.1, 0.15) is 0 Å². The fourth-order valence-corrected chi connectivity index (χ4v) is 4.04. The average molecular weight is 434 g/mol. The topological polar surface area (TPSA) is 94.0 Å². The number of para-hydroxylation sites is 3. The van der Waals surface area contributed by atoms with E-state index in [2.05, 4.69) is 4.98 Å². The second kappa shape index (κ2) is 8.43. The lowest BCUT2D eigenvalue weighted by Gasteiger charge is -2.37. The van der Waals surface area contributed by atoms with Gasteiger partial charge in [0.15, 0.2) is 6.10 Å². The Balaban J connectivity index is 1.42. The predicted molar refractivity (Wildman–Crippen MR) is 117 cm³/mol. The molecule has 0 bridgehead atoms. The predicted octanol–water partition coefficient (Wildman–Crippen LogP) is 1.05. The van der Waals surface area contributed by atoms with Crippen molar-refractivity contribution in [3.8, 4) is 5.75 Å². The normalized spacial score (nSPS) is 18.2. The highest BCUT2D eigenvalue weighted by Gasteiger charge is 2.36. The lowest BCUT2D eigenvalue weighted by atomic mass is 10.1. The molecule has 3 heterocycles. The molecule has 2 aromatic carbocycles. The molecule has 0 spiro atoms. The number of nitrogens with zero attached hydrogens (tertiary/aromatic N) is 4. The Hall–Kier alpha value is -3.72. The monoisotopic (exact) mass is 434 g/mol. The number of amides is 2. The van der Waals surface area contributed by atoms with Crippen molar-refractivity contribution in [2.24, 2.45) is 0 Å². The van der Waals surface area contributed by atoms with Crippen molar-refractivity contribution < 1.29 is 19.1 Å². The molecule has 2 aliphatic rings. The molecule has 32 heavy (non-hydrogen) atoms. The smallest absolute Gasteiger partial charge is 0.265 e. The zero-order chi connectivity index (χ0) is 22.1. The second-order valence-corrected chi connectivity index (χ2v) is 7.71. The summed E-state index contributed by atoms with van der Waals surface area (Å²) in [6.07, 6.45) is 0.559. The van der Waals surface area contributed by atoms with Crippen LogP contribution in [0.15, 0.2) is 59.7 Å². The molecule has 2 amide bonds. The van der Waals surface area contributed by atoms with Crippen LogP contribution in [-0.4, -0.2) is 65.2 Å². The van der Waals surface area contributed by atoms with E-state index in [0.717, 1.165) is 0 Å². The van der Waals surface area contributed by atoms with Crippen molar-refractivity contribution in [2.75, 3.05) is 37.7 Å². The summed E-state index contributed by atoms with van der Waals surface area (Å²) in [6, 6.07) is 14.1. The Bertz CT molecular complexity index is 1230. The summed E-state index contributed by atoms with van der Waals surface area (Å²) in [5.74, 6) is -0.0347. The summed E-state index contributed by atoms with van der Waals surface area (Å²) in [5.41, 5.74) is 0.867. The van der Waals surface area contributed by atoms with Crippen LogP contribution in [0.3, 0.4) is 0 Å². The van der Waals surface area contributed by atoms with Gasteiger partial charge in [-0.15, -0.1) is 0 Å².